The summed E-state index contributed by atoms with van der Waals surface area (Å²) in [5.41, 5.74) is 0.779. The number of hydrogen-bond acceptors (Lipinski definition) is 4. The van der Waals surface area contributed by atoms with Crippen molar-refractivity contribution < 1.29 is 9.15 Å². The highest BCUT2D eigenvalue weighted by Gasteiger charge is 2.09. The van der Waals surface area contributed by atoms with Crippen LogP contribution in [0.3, 0.4) is 0 Å². The first-order valence-electron chi connectivity index (χ1n) is 5.92. The van der Waals surface area contributed by atoms with E-state index in [2.05, 4.69) is 4.98 Å². The van der Waals surface area contributed by atoms with Gasteiger partial charge in [0.15, 0.2) is 0 Å². The third-order valence-corrected chi connectivity index (χ3v) is 3.16. The van der Waals surface area contributed by atoms with Crippen LogP contribution in [0.2, 0.25) is 5.02 Å². The van der Waals surface area contributed by atoms with E-state index < -0.39 is 5.63 Å². The maximum absolute atomic E-state index is 11.9. The van der Waals surface area contributed by atoms with Crippen LogP contribution >= 0.6 is 11.6 Å². The Hall–Kier alpha value is -2.33. The van der Waals surface area contributed by atoms with Gasteiger partial charge in [0.2, 0.25) is 5.89 Å². The maximum atomic E-state index is 11.9. The number of hydrogen-bond donors (Lipinski definition) is 0. The van der Waals surface area contributed by atoms with Gasteiger partial charge >= 0.3 is 5.63 Å². The van der Waals surface area contributed by atoms with Crippen LogP contribution in [0.5, 0.6) is 5.75 Å². The molecule has 0 unspecified atom stereocenters. The van der Waals surface area contributed by atoms with E-state index in [-0.39, 0.29) is 5.89 Å². The van der Waals surface area contributed by atoms with Gasteiger partial charge in [0, 0.05) is 10.6 Å². The Balaban J connectivity index is 2.18. The molecule has 0 amide bonds. The first kappa shape index (κ1) is 12.7. The molecule has 3 aromatic rings. The lowest BCUT2D eigenvalue weighted by molar-refractivity contribution is 0.415. The number of ether oxygens (including phenoxy) is 1. The zero-order chi connectivity index (χ0) is 14.1. The van der Waals surface area contributed by atoms with Crippen LogP contribution < -0.4 is 10.4 Å². The van der Waals surface area contributed by atoms with E-state index in [1.165, 1.54) is 0 Å². The molecule has 4 nitrogen and oxygen atoms in total. The van der Waals surface area contributed by atoms with E-state index in [0.29, 0.717) is 21.5 Å². The number of aromatic nitrogens is 1. The van der Waals surface area contributed by atoms with Crippen molar-refractivity contribution in [1.82, 2.24) is 4.98 Å². The highest BCUT2D eigenvalue weighted by Crippen LogP contribution is 2.22. The summed E-state index contributed by atoms with van der Waals surface area (Å²) in [5, 5.41) is 0.933. The van der Waals surface area contributed by atoms with Crippen molar-refractivity contribution in [2.75, 3.05) is 7.11 Å². The van der Waals surface area contributed by atoms with Gasteiger partial charge in [0.05, 0.1) is 18.0 Å². The smallest absolute Gasteiger partial charge is 0.347 e. The quantitative estimate of drug-likeness (QED) is 0.724. The van der Waals surface area contributed by atoms with Crippen LogP contribution in [-0.2, 0) is 0 Å². The number of nitrogens with zero attached hydrogens (tertiary/aromatic N) is 1. The molecule has 3 rings (SSSR count). The van der Waals surface area contributed by atoms with Gasteiger partial charge in [-0.25, -0.2) is 9.78 Å². The lowest BCUT2D eigenvalue weighted by atomic mass is 10.2. The molecule has 0 bridgehead atoms. The second kappa shape index (κ2) is 4.98. The molecule has 1 heterocycles. The van der Waals surface area contributed by atoms with Crippen molar-refractivity contribution in [3.63, 3.8) is 0 Å². The normalized spacial score (nSPS) is 10.7. The predicted molar refractivity (Wildman–Crippen MR) is 77.3 cm³/mol. The molecule has 0 saturated heterocycles. The van der Waals surface area contributed by atoms with Crippen LogP contribution in [-0.4, -0.2) is 12.1 Å². The van der Waals surface area contributed by atoms with Gasteiger partial charge < -0.3 is 9.15 Å². The van der Waals surface area contributed by atoms with E-state index in [1.807, 2.05) is 0 Å². The molecule has 0 spiro atoms. The topological polar surface area (TPSA) is 52.3 Å². The largest absolute Gasteiger partial charge is 0.497 e. The predicted octanol–water partition coefficient (Wildman–Crippen LogP) is 3.52. The SMILES string of the molecule is COc1ccc(-c2nc3cc(Cl)ccc3c(=O)o2)cc1. The molecule has 0 aliphatic rings. The first-order chi connectivity index (χ1) is 9.67. The van der Waals surface area contributed by atoms with Crippen LogP contribution in [0, 0.1) is 0 Å². The third-order valence-electron chi connectivity index (χ3n) is 2.93. The molecule has 0 saturated carbocycles. The van der Waals surface area contributed by atoms with Gasteiger partial charge in [-0.1, -0.05) is 11.6 Å². The minimum absolute atomic E-state index is 0.257. The molecule has 20 heavy (non-hydrogen) atoms. The fraction of sp³-hybridized carbons (Fsp3) is 0.0667. The van der Waals surface area contributed by atoms with Crippen LogP contribution in [0.15, 0.2) is 51.7 Å². The lowest BCUT2D eigenvalue weighted by Crippen LogP contribution is -2.02. The van der Waals surface area contributed by atoms with Crippen LogP contribution in [0.1, 0.15) is 0 Å². The van der Waals surface area contributed by atoms with Gasteiger partial charge in [0.25, 0.3) is 0 Å². The summed E-state index contributed by atoms with van der Waals surface area (Å²) >= 11 is 5.92. The number of halogens is 1. The first-order valence-corrected chi connectivity index (χ1v) is 6.30. The van der Waals surface area contributed by atoms with Crippen molar-refractivity contribution in [3.8, 4) is 17.2 Å². The molecule has 1 aromatic heterocycles. The standard InChI is InChI=1S/C15H10ClNO3/c1-19-11-5-2-9(3-6-11)14-17-13-8-10(16)4-7-12(13)15(18)20-14/h2-8H,1H3. The Bertz CT molecular complexity index is 825. The van der Waals surface area contributed by atoms with Crippen LogP contribution in [0.25, 0.3) is 22.4 Å². The van der Waals surface area contributed by atoms with E-state index >= 15 is 0 Å². The van der Waals surface area contributed by atoms with E-state index in [4.69, 9.17) is 20.8 Å². The summed E-state index contributed by atoms with van der Waals surface area (Å²) in [7, 11) is 1.59. The molecule has 5 heteroatoms. The fourth-order valence-electron chi connectivity index (χ4n) is 1.90. The van der Waals surface area contributed by atoms with Crippen LogP contribution in [0.4, 0.5) is 0 Å². The van der Waals surface area contributed by atoms with Gasteiger partial charge in [-0.05, 0) is 42.5 Å². The second-order valence-electron chi connectivity index (χ2n) is 4.20. The van der Waals surface area contributed by atoms with E-state index in [0.717, 1.165) is 5.75 Å². The Morgan fingerprint density at radius 2 is 1.90 bits per heavy atom. The average molecular weight is 288 g/mol. The summed E-state index contributed by atoms with van der Waals surface area (Å²) < 4.78 is 10.3. The molecule has 0 aliphatic heterocycles. The molecule has 0 radical (unpaired) electrons. The average Bonchev–Trinajstić information content (AvgIpc) is 2.46. The Kier molecular flexibility index (Phi) is 3.16. The summed E-state index contributed by atoms with van der Waals surface area (Å²) in [5.74, 6) is 0.979. The molecule has 2 aromatic carbocycles. The van der Waals surface area contributed by atoms with Crippen molar-refractivity contribution in [1.29, 1.82) is 0 Å². The number of rotatable bonds is 2. The minimum atomic E-state index is -0.433. The minimum Gasteiger partial charge on any atom is -0.497 e. The van der Waals surface area contributed by atoms with Crippen molar-refractivity contribution >= 4 is 22.5 Å². The van der Waals surface area contributed by atoms with Crippen molar-refractivity contribution in [2.45, 2.75) is 0 Å². The molecule has 100 valence electrons. The van der Waals surface area contributed by atoms with Crippen molar-refractivity contribution in [3.05, 3.63) is 57.9 Å². The molecular weight excluding hydrogens is 278 g/mol. The summed E-state index contributed by atoms with van der Waals surface area (Å²) in [4.78, 5) is 16.3. The number of benzene rings is 2. The molecule has 0 fully saturated rings. The Morgan fingerprint density at radius 3 is 2.60 bits per heavy atom. The van der Waals surface area contributed by atoms with Gasteiger partial charge in [-0.3, -0.25) is 0 Å². The number of fused-ring (bicyclic) bond motifs is 1. The molecule has 0 aliphatic carbocycles. The molecule has 0 N–H and O–H groups in total. The number of methoxy groups -OCH3 is 1. The highest BCUT2D eigenvalue weighted by molar-refractivity contribution is 6.31. The zero-order valence-corrected chi connectivity index (χ0v) is 11.3. The summed E-state index contributed by atoms with van der Waals surface area (Å²) in [6, 6.07) is 12.0. The molecule has 0 atom stereocenters. The maximum Gasteiger partial charge on any atom is 0.347 e. The second-order valence-corrected chi connectivity index (χ2v) is 4.63. The zero-order valence-electron chi connectivity index (χ0n) is 10.6. The Labute approximate surface area is 119 Å². The summed E-state index contributed by atoms with van der Waals surface area (Å²) in [6.07, 6.45) is 0. The van der Waals surface area contributed by atoms with E-state index in [1.54, 1.807) is 49.6 Å². The summed E-state index contributed by atoms with van der Waals surface area (Å²) in [6.45, 7) is 0. The Morgan fingerprint density at radius 1 is 1.15 bits per heavy atom. The van der Waals surface area contributed by atoms with E-state index in [9.17, 15) is 4.79 Å². The van der Waals surface area contributed by atoms with Gasteiger partial charge in [0.1, 0.15) is 5.75 Å². The fourth-order valence-corrected chi connectivity index (χ4v) is 2.07. The molecular formula is C15H10ClNO3. The van der Waals surface area contributed by atoms with Crippen molar-refractivity contribution in [2.24, 2.45) is 0 Å². The highest BCUT2D eigenvalue weighted by atomic mass is 35.5. The monoisotopic (exact) mass is 287 g/mol. The van der Waals surface area contributed by atoms with Gasteiger partial charge in [-0.15, -0.1) is 0 Å². The third kappa shape index (κ3) is 2.26. The lowest BCUT2D eigenvalue weighted by Gasteiger charge is -2.03. The van der Waals surface area contributed by atoms with Gasteiger partial charge in [-0.2, -0.15) is 0 Å².